The SMILES string of the molecule is CN(C)c1ccc(CN2CCC(c3nc4ccc(-c5cccnc5)cn4n3)CC2)cc1. The molecule has 0 bridgehead atoms. The molecule has 0 N–H and O–H groups in total. The van der Waals surface area contributed by atoms with Gasteiger partial charge in [-0.3, -0.25) is 9.88 Å². The molecule has 31 heavy (non-hydrogen) atoms. The van der Waals surface area contributed by atoms with Crippen LogP contribution in [-0.4, -0.2) is 51.7 Å². The second-order valence-corrected chi connectivity index (χ2v) is 8.54. The molecule has 4 heterocycles. The van der Waals surface area contributed by atoms with Crippen molar-refractivity contribution in [3.8, 4) is 11.1 Å². The van der Waals surface area contributed by atoms with Crippen molar-refractivity contribution >= 4 is 11.3 Å². The van der Waals surface area contributed by atoms with Gasteiger partial charge in [0.25, 0.3) is 0 Å². The van der Waals surface area contributed by atoms with E-state index in [0.717, 1.165) is 55.1 Å². The first kappa shape index (κ1) is 19.7. The highest BCUT2D eigenvalue weighted by molar-refractivity contribution is 5.63. The first-order chi connectivity index (χ1) is 15.2. The minimum atomic E-state index is 0.425. The number of hydrogen-bond donors (Lipinski definition) is 0. The maximum absolute atomic E-state index is 4.82. The Morgan fingerprint density at radius 2 is 1.77 bits per heavy atom. The highest BCUT2D eigenvalue weighted by Crippen LogP contribution is 2.28. The summed E-state index contributed by atoms with van der Waals surface area (Å²) in [5, 5.41) is 4.82. The Morgan fingerprint density at radius 3 is 2.48 bits per heavy atom. The molecule has 4 aromatic rings. The summed E-state index contributed by atoms with van der Waals surface area (Å²) in [6.07, 6.45) is 7.92. The Bertz CT molecular complexity index is 1140. The molecule has 3 aromatic heterocycles. The number of benzene rings is 1. The lowest BCUT2D eigenvalue weighted by molar-refractivity contribution is 0.202. The topological polar surface area (TPSA) is 49.6 Å². The molecule has 0 unspecified atom stereocenters. The van der Waals surface area contributed by atoms with Gasteiger partial charge in [0.05, 0.1) is 0 Å². The van der Waals surface area contributed by atoms with Crippen LogP contribution < -0.4 is 4.90 Å². The first-order valence-corrected chi connectivity index (χ1v) is 10.9. The number of likely N-dealkylation sites (tertiary alicyclic amines) is 1. The highest BCUT2D eigenvalue weighted by Gasteiger charge is 2.24. The van der Waals surface area contributed by atoms with Gasteiger partial charge in [0, 0.05) is 62.0 Å². The van der Waals surface area contributed by atoms with Crippen LogP contribution in [0.4, 0.5) is 5.69 Å². The lowest BCUT2D eigenvalue weighted by Gasteiger charge is -2.30. The summed E-state index contributed by atoms with van der Waals surface area (Å²) < 4.78 is 1.91. The Balaban J connectivity index is 1.24. The second kappa shape index (κ2) is 8.47. The molecular formula is C25H28N6. The number of anilines is 1. The monoisotopic (exact) mass is 412 g/mol. The number of fused-ring (bicyclic) bond motifs is 1. The molecule has 0 atom stereocenters. The summed E-state index contributed by atoms with van der Waals surface area (Å²) in [6.45, 7) is 3.17. The van der Waals surface area contributed by atoms with Crippen molar-refractivity contribution in [2.75, 3.05) is 32.1 Å². The van der Waals surface area contributed by atoms with E-state index in [1.165, 1.54) is 11.3 Å². The van der Waals surface area contributed by atoms with E-state index in [-0.39, 0.29) is 0 Å². The number of aromatic nitrogens is 4. The van der Waals surface area contributed by atoms with Crippen LogP contribution in [0.1, 0.15) is 30.1 Å². The molecule has 6 nitrogen and oxygen atoms in total. The van der Waals surface area contributed by atoms with Crippen LogP contribution in [0, 0.1) is 0 Å². The average molecular weight is 413 g/mol. The quantitative estimate of drug-likeness (QED) is 0.491. The molecule has 0 aliphatic carbocycles. The molecule has 1 fully saturated rings. The fourth-order valence-corrected chi connectivity index (χ4v) is 4.28. The minimum absolute atomic E-state index is 0.425. The smallest absolute Gasteiger partial charge is 0.155 e. The van der Waals surface area contributed by atoms with Crippen LogP contribution in [-0.2, 0) is 6.54 Å². The lowest BCUT2D eigenvalue weighted by Crippen LogP contribution is -2.32. The first-order valence-electron chi connectivity index (χ1n) is 10.9. The van der Waals surface area contributed by atoms with E-state index < -0.39 is 0 Å². The summed E-state index contributed by atoms with van der Waals surface area (Å²) in [6, 6.07) is 17.0. The molecule has 1 aliphatic heterocycles. The van der Waals surface area contributed by atoms with Gasteiger partial charge in [-0.25, -0.2) is 9.50 Å². The number of rotatable bonds is 5. The van der Waals surface area contributed by atoms with Gasteiger partial charge in [-0.1, -0.05) is 18.2 Å². The zero-order chi connectivity index (χ0) is 21.2. The number of piperidine rings is 1. The lowest BCUT2D eigenvalue weighted by atomic mass is 9.96. The molecule has 5 rings (SSSR count). The fourth-order valence-electron chi connectivity index (χ4n) is 4.28. The minimum Gasteiger partial charge on any atom is -0.378 e. The summed E-state index contributed by atoms with van der Waals surface area (Å²) >= 11 is 0. The zero-order valence-corrected chi connectivity index (χ0v) is 18.1. The van der Waals surface area contributed by atoms with E-state index >= 15 is 0 Å². The van der Waals surface area contributed by atoms with Crippen molar-refractivity contribution < 1.29 is 0 Å². The molecule has 158 valence electrons. The standard InChI is InChI=1S/C25H28N6/c1-29(2)23-8-5-19(6-9-23)17-30-14-11-20(12-15-30)25-27-24-10-7-22(18-31(24)28-25)21-4-3-13-26-16-21/h3-10,13,16,18,20H,11-12,14-15,17H2,1-2H3. The number of nitrogens with zero attached hydrogens (tertiary/aromatic N) is 6. The van der Waals surface area contributed by atoms with Crippen molar-refractivity contribution in [1.82, 2.24) is 24.5 Å². The average Bonchev–Trinajstić information content (AvgIpc) is 3.24. The third kappa shape index (κ3) is 4.30. The summed E-state index contributed by atoms with van der Waals surface area (Å²) in [5.41, 5.74) is 5.72. The van der Waals surface area contributed by atoms with E-state index in [0.29, 0.717) is 5.92 Å². The summed E-state index contributed by atoms with van der Waals surface area (Å²) in [4.78, 5) is 13.7. The van der Waals surface area contributed by atoms with Gasteiger partial charge < -0.3 is 4.90 Å². The number of pyridine rings is 2. The van der Waals surface area contributed by atoms with Gasteiger partial charge in [0.15, 0.2) is 11.5 Å². The van der Waals surface area contributed by atoms with Crippen molar-refractivity contribution in [1.29, 1.82) is 0 Å². The van der Waals surface area contributed by atoms with Crippen LogP contribution in [0.25, 0.3) is 16.8 Å². The number of hydrogen-bond acceptors (Lipinski definition) is 5. The normalized spacial score (nSPS) is 15.4. The Hall–Kier alpha value is -3.25. The molecule has 0 radical (unpaired) electrons. The highest BCUT2D eigenvalue weighted by atomic mass is 15.3. The van der Waals surface area contributed by atoms with E-state index in [4.69, 9.17) is 10.1 Å². The van der Waals surface area contributed by atoms with Crippen LogP contribution in [0.15, 0.2) is 67.1 Å². The van der Waals surface area contributed by atoms with Crippen LogP contribution in [0.3, 0.4) is 0 Å². The molecule has 1 aromatic carbocycles. The van der Waals surface area contributed by atoms with Crippen molar-refractivity contribution in [2.24, 2.45) is 0 Å². The van der Waals surface area contributed by atoms with Crippen LogP contribution in [0.5, 0.6) is 0 Å². The van der Waals surface area contributed by atoms with Crippen LogP contribution in [0.2, 0.25) is 0 Å². The zero-order valence-electron chi connectivity index (χ0n) is 18.1. The molecule has 0 spiro atoms. The fraction of sp³-hybridized carbons (Fsp3) is 0.320. The maximum atomic E-state index is 4.82. The molecule has 1 saturated heterocycles. The molecule has 1 aliphatic rings. The second-order valence-electron chi connectivity index (χ2n) is 8.54. The van der Waals surface area contributed by atoms with E-state index in [1.54, 1.807) is 6.20 Å². The molecule has 0 amide bonds. The molecule has 6 heteroatoms. The van der Waals surface area contributed by atoms with E-state index in [9.17, 15) is 0 Å². The molecular weight excluding hydrogens is 384 g/mol. The maximum Gasteiger partial charge on any atom is 0.155 e. The largest absolute Gasteiger partial charge is 0.378 e. The molecule has 0 saturated carbocycles. The van der Waals surface area contributed by atoms with Gasteiger partial charge in [-0.05, 0) is 61.8 Å². The van der Waals surface area contributed by atoms with Gasteiger partial charge in [-0.15, -0.1) is 0 Å². The van der Waals surface area contributed by atoms with Crippen molar-refractivity contribution in [3.63, 3.8) is 0 Å². The summed E-state index contributed by atoms with van der Waals surface area (Å²) in [7, 11) is 4.15. The van der Waals surface area contributed by atoms with Crippen molar-refractivity contribution in [3.05, 3.63) is 78.5 Å². The van der Waals surface area contributed by atoms with Gasteiger partial charge >= 0.3 is 0 Å². The summed E-state index contributed by atoms with van der Waals surface area (Å²) in [5.74, 6) is 1.40. The van der Waals surface area contributed by atoms with E-state index in [2.05, 4.69) is 71.5 Å². The Kier molecular flexibility index (Phi) is 5.38. The van der Waals surface area contributed by atoms with Crippen LogP contribution >= 0.6 is 0 Å². The van der Waals surface area contributed by atoms with Crippen molar-refractivity contribution in [2.45, 2.75) is 25.3 Å². The van der Waals surface area contributed by atoms with Gasteiger partial charge in [-0.2, -0.15) is 5.10 Å². The predicted octanol–water partition coefficient (Wildman–Crippen LogP) is 4.24. The van der Waals surface area contributed by atoms with Gasteiger partial charge in [0.1, 0.15) is 0 Å². The Morgan fingerprint density at radius 1 is 0.968 bits per heavy atom. The van der Waals surface area contributed by atoms with Gasteiger partial charge in [0.2, 0.25) is 0 Å². The Labute approximate surface area is 183 Å². The van der Waals surface area contributed by atoms with E-state index in [1.807, 2.05) is 22.8 Å². The third-order valence-electron chi connectivity index (χ3n) is 6.15. The predicted molar refractivity (Wildman–Crippen MR) is 124 cm³/mol. The third-order valence-corrected chi connectivity index (χ3v) is 6.15.